The Balaban J connectivity index is 1.26. The molecule has 0 aliphatic carbocycles. The molecule has 3 aromatic rings. The van der Waals surface area contributed by atoms with Crippen LogP contribution in [0.5, 0.6) is 5.75 Å². The molecule has 0 radical (unpaired) electrons. The monoisotopic (exact) mass is 379 g/mol. The van der Waals surface area contributed by atoms with Crippen LogP contribution in [0.15, 0.2) is 55.0 Å². The van der Waals surface area contributed by atoms with E-state index in [1.54, 1.807) is 12.4 Å². The lowest BCUT2D eigenvalue weighted by atomic mass is 9.92. The number of pyridine rings is 1. The lowest BCUT2D eigenvalue weighted by Gasteiger charge is -2.47. The van der Waals surface area contributed by atoms with Crippen LogP contribution in [0.25, 0.3) is 10.9 Å². The zero-order valence-electron chi connectivity index (χ0n) is 15.2. The van der Waals surface area contributed by atoms with Crippen molar-refractivity contribution >= 4 is 28.6 Å². The van der Waals surface area contributed by atoms with Crippen LogP contribution < -0.4 is 4.74 Å². The summed E-state index contributed by atoms with van der Waals surface area (Å²) in [5, 5.41) is 1.03. The van der Waals surface area contributed by atoms with Crippen molar-refractivity contribution in [3.8, 4) is 5.75 Å². The maximum absolute atomic E-state index is 13.0. The predicted octanol–water partition coefficient (Wildman–Crippen LogP) is 3.35. The standard InChI is InChI=1S/C21H21N3O2S/c1-23-11-18(17-6-2-3-7-19(17)23)20(25)24-13-21(14-24)9-16(12-27-21)26-15-5-4-8-22-10-15/h2-8,10-11,16H,9,12-14H2,1H3/t16-/m1/s1. The number of ether oxygens (including phenoxy) is 1. The Morgan fingerprint density at radius 3 is 2.93 bits per heavy atom. The second-order valence-electron chi connectivity index (χ2n) is 7.46. The van der Waals surface area contributed by atoms with Gasteiger partial charge in [0.05, 0.1) is 16.5 Å². The first-order chi connectivity index (χ1) is 13.1. The third-order valence-electron chi connectivity index (χ3n) is 5.48. The Morgan fingerprint density at radius 1 is 1.26 bits per heavy atom. The van der Waals surface area contributed by atoms with E-state index < -0.39 is 0 Å². The number of benzene rings is 1. The number of nitrogens with zero attached hydrogens (tertiary/aromatic N) is 3. The minimum absolute atomic E-state index is 0.134. The number of hydrogen-bond acceptors (Lipinski definition) is 4. The van der Waals surface area contributed by atoms with Crippen LogP contribution in [0.1, 0.15) is 16.8 Å². The summed E-state index contributed by atoms with van der Waals surface area (Å²) in [5.74, 6) is 1.92. The summed E-state index contributed by atoms with van der Waals surface area (Å²) >= 11 is 1.94. The first-order valence-electron chi connectivity index (χ1n) is 9.18. The molecule has 1 spiro atoms. The molecule has 5 nitrogen and oxygen atoms in total. The molecule has 2 saturated heterocycles. The third-order valence-corrected chi connectivity index (χ3v) is 7.06. The van der Waals surface area contributed by atoms with Gasteiger partial charge in [0.15, 0.2) is 0 Å². The molecule has 0 bridgehead atoms. The maximum atomic E-state index is 13.0. The van der Waals surface area contributed by atoms with Crippen LogP contribution in [0.3, 0.4) is 0 Å². The van der Waals surface area contributed by atoms with E-state index in [1.165, 1.54) is 0 Å². The number of amides is 1. The summed E-state index contributed by atoms with van der Waals surface area (Å²) in [6.45, 7) is 1.60. The van der Waals surface area contributed by atoms with Gasteiger partial charge in [0.1, 0.15) is 11.9 Å². The Morgan fingerprint density at radius 2 is 2.11 bits per heavy atom. The molecule has 1 atom stereocenters. The highest BCUT2D eigenvalue weighted by atomic mass is 32.2. The molecule has 5 rings (SSSR count). The first kappa shape index (κ1) is 16.7. The third kappa shape index (κ3) is 2.88. The van der Waals surface area contributed by atoms with Gasteiger partial charge in [0.2, 0.25) is 0 Å². The van der Waals surface area contributed by atoms with Crippen LogP contribution >= 0.6 is 11.8 Å². The molecular formula is C21H21N3O2S. The Kier molecular flexibility index (Phi) is 3.90. The van der Waals surface area contributed by atoms with Gasteiger partial charge in [0.25, 0.3) is 5.91 Å². The number of aryl methyl sites for hydroxylation is 1. The number of rotatable bonds is 3. The Bertz CT molecular complexity index is 995. The van der Waals surface area contributed by atoms with Crippen molar-refractivity contribution in [2.75, 3.05) is 18.8 Å². The molecule has 138 valence electrons. The van der Waals surface area contributed by atoms with Gasteiger partial charge in [-0.2, -0.15) is 0 Å². The molecule has 0 N–H and O–H groups in total. The van der Waals surface area contributed by atoms with Crippen LogP contribution in [0.2, 0.25) is 0 Å². The zero-order valence-corrected chi connectivity index (χ0v) is 16.0. The molecule has 2 fully saturated rings. The molecule has 2 aromatic heterocycles. The lowest BCUT2D eigenvalue weighted by molar-refractivity contribution is 0.0519. The number of likely N-dealkylation sites (tertiary alicyclic amines) is 1. The molecule has 0 unspecified atom stereocenters. The van der Waals surface area contributed by atoms with E-state index in [2.05, 4.69) is 11.1 Å². The van der Waals surface area contributed by atoms with Crippen molar-refractivity contribution in [2.24, 2.45) is 7.05 Å². The predicted molar refractivity (Wildman–Crippen MR) is 107 cm³/mol. The minimum atomic E-state index is 0.134. The topological polar surface area (TPSA) is 47.4 Å². The van der Waals surface area contributed by atoms with Gasteiger partial charge >= 0.3 is 0 Å². The molecule has 1 amide bonds. The fourth-order valence-corrected chi connectivity index (χ4v) is 5.71. The van der Waals surface area contributed by atoms with Gasteiger partial charge in [-0.3, -0.25) is 9.78 Å². The molecule has 2 aliphatic heterocycles. The largest absolute Gasteiger partial charge is 0.488 e. The fourth-order valence-electron chi connectivity index (χ4n) is 4.18. The summed E-state index contributed by atoms with van der Waals surface area (Å²) < 4.78 is 8.23. The normalized spacial score (nSPS) is 20.8. The van der Waals surface area contributed by atoms with Gasteiger partial charge in [-0.25, -0.2) is 0 Å². The van der Waals surface area contributed by atoms with E-state index in [1.807, 2.05) is 64.8 Å². The van der Waals surface area contributed by atoms with Crippen molar-refractivity contribution < 1.29 is 9.53 Å². The number of para-hydroxylation sites is 1. The van der Waals surface area contributed by atoms with E-state index in [0.717, 1.165) is 47.5 Å². The average Bonchev–Trinajstić information content (AvgIpc) is 3.23. The molecule has 4 heterocycles. The smallest absolute Gasteiger partial charge is 0.256 e. The quantitative estimate of drug-likeness (QED) is 0.700. The molecular weight excluding hydrogens is 358 g/mol. The lowest BCUT2D eigenvalue weighted by Crippen LogP contribution is -2.60. The summed E-state index contributed by atoms with van der Waals surface area (Å²) in [5.41, 5.74) is 1.89. The highest BCUT2D eigenvalue weighted by Crippen LogP contribution is 2.46. The molecule has 27 heavy (non-hydrogen) atoms. The first-order valence-corrected chi connectivity index (χ1v) is 10.2. The molecule has 6 heteroatoms. The minimum Gasteiger partial charge on any atom is -0.488 e. The number of carbonyl (C=O) groups excluding carboxylic acids is 1. The van der Waals surface area contributed by atoms with Gasteiger partial charge in [-0.05, 0) is 18.2 Å². The second kappa shape index (κ2) is 6.30. The van der Waals surface area contributed by atoms with Crippen molar-refractivity contribution in [3.05, 3.63) is 60.6 Å². The second-order valence-corrected chi connectivity index (χ2v) is 8.95. The van der Waals surface area contributed by atoms with Crippen molar-refractivity contribution in [1.82, 2.24) is 14.5 Å². The van der Waals surface area contributed by atoms with E-state index in [4.69, 9.17) is 4.74 Å². The van der Waals surface area contributed by atoms with E-state index in [-0.39, 0.29) is 16.8 Å². The van der Waals surface area contributed by atoms with Crippen molar-refractivity contribution in [1.29, 1.82) is 0 Å². The maximum Gasteiger partial charge on any atom is 0.256 e. The Hall–Kier alpha value is -2.47. The number of hydrogen-bond donors (Lipinski definition) is 0. The van der Waals surface area contributed by atoms with Crippen LogP contribution in [0, 0.1) is 0 Å². The summed E-state index contributed by atoms with van der Waals surface area (Å²) in [6.07, 6.45) is 6.63. The van der Waals surface area contributed by atoms with Gasteiger partial charge < -0.3 is 14.2 Å². The summed E-state index contributed by atoms with van der Waals surface area (Å²) in [6, 6.07) is 11.9. The fraction of sp³-hybridized carbons (Fsp3) is 0.333. The zero-order chi connectivity index (χ0) is 18.4. The van der Waals surface area contributed by atoms with Crippen LogP contribution in [-0.2, 0) is 7.05 Å². The van der Waals surface area contributed by atoms with Gasteiger partial charge in [-0.15, -0.1) is 11.8 Å². The van der Waals surface area contributed by atoms with Crippen LogP contribution in [-0.4, -0.2) is 50.1 Å². The van der Waals surface area contributed by atoms with Gasteiger partial charge in [-0.1, -0.05) is 18.2 Å². The van der Waals surface area contributed by atoms with Crippen molar-refractivity contribution in [3.63, 3.8) is 0 Å². The van der Waals surface area contributed by atoms with Gasteiger partial charge in [0, 0.05) is 55.6 Å². The van der Waals surface area contributed by atoms with E-state index >= 15 is 0 Å². The summed E-state index contributed by atoms with van der Waals surface area (Å²) in [4.78, 5) is 19.1. The highest BCUT2D eigenvalue weighted by Gasteiger charge is 2.51. The van der Waals surface area contributed by atoms with Crippen molar-refractivity contribution in [2.45, 2.75) is 17.3 Å². The molecule has 1 aromatic carbocycles. The SMILES string of the molecule is Cn1cc(C(=O)N2CC3(C[C@@H](Oc4cccnc4)CS3)C2)c2ccccc21. The van der Waals surface area contributed by atoms with Crippen LogP contribution in [0.4, 0.5) is 0 Å². The average molecular weight is 379 g/mol. The number of carbonyl (C=O) groups is 1. The highest BCUT2D eigenvalue weighted by molar-refractivity contribution is 8.01. The summed E-state index contributed by atoms with van der Waals surface area (Å²) in [7, 11) is 1.99. The Labute approximate surface area is 162 Å². The number of aromatic nitrogens is 2. The number of fused-ring (bicyclic) bond motifs is 1. The van der Waals surface area contributed by atoms with E-state index in [9.17, 15) is 4.79 Å². The van der Waals surface area contributed by atoms with E-state index in [0.29, 0.717) is 0 Å². The number of thioether (sulfide) groups is 1. The molecule has 0 saturated carbocycles. The molecule has 2 aliphatic rings.